The van der Waals surface area contributed by atoms with Crippen molar-refractivity contribution in [2.75, 3.05) is 6.61 Å². The molecule has 0 heterocycles. The number of ether oxygens (including phenoxy) is 1. The maximum Gasteiger partial charge on any atom is 0.317 e. The molecule has 0 spiro atoms. The lowest BCUT2D eigenvalue weighted by molar-refractivity contribution is -0.151. The van der Waals surface area contributed by atoms with Crippen molar-refractivity contribution >= 4 is 11.9 Å². The van der Waals surface area contributed by atoms with Gasteiger partial charge in [-0.1, -0.05) is 52.4 Å². The third-order valence-corrected chi connectivity index (χ3v) is 2.73. The van der Waals surface area contributed by atoms with Crippen LogP contribution in [0.25, 0.3) is 0 Å². The molecule has 0 aromatic rings. The maximum atomic E-state index is 10.9. The number of carboxylic acid groups (broad SMARTS) is 1. The summed E-state index contributed by atoms with van der Waals surface area (Å²) < 4.78 is 4.79. The average molecular weight is 258 g/mol. The summed E-state index contributed by atoms with van der Waals surface area (Å²) >= 11 is 0. The number of hydrogen-bond donors (Lipinski definition) is 1. The van der Waals surface area contributed by atoms with Gasteiger partial charge in [0.15, 0.2) is 0 Å². The molecule has 0 saturated carbocycles. The second kappa shape index (κ2) is 11.1. The van der Waals surface area contributed by atoms with Gasteiger partial charge in [-0.05, 0) is 12.3 Å². The fraction of sp³-hybridized carbons (Fsp3) is 0.857. The Morgan fingerprint density at radius 1 is 1.00 bits per heavy atom. The second-order valence-electron chi connectivity index (χ2n) is 5.09. The van der Waals surface area contributed by atoms with E-state index in [9.17, 15) is 9.59 Å². The Labute approximate surface area is 110 Å². The molecule has 0 aliphatic rings. The molecule has 18 heavy (non-hydrogen) atoms. The largest absolute Gasteiger partial charge is 0.481 e. The minimum atomic E-state index is -1.13. The first kappa shape index (κ1) is 16.9. The molecule has 0 aliphatic heterocycles. The van der Waals surface area contributed by atoms with E-state index >= 15 is 0 Å². The number of hydrogen-bond acceptors (Lipinski definition) is 3. The summed E-state index contributed by atoms with van der Waals surface area (Å²) in [6, 6.07) is 0. The number of esters is 1. The predicted octanol–water partition coefficient (Wildman–Crippen LogP) is 3.39. The van der Waals surface area contributed by atoms with E-state index in [4.69, 9.17) is 9.84 Å². The van der Waals surface area contributed by atoms with Gasteiger partial charge in [0.05, 0.1) is 6.61 Å². The van der Waals surface area contributed by atoms with Gasteiger partial charge in [-0.25, -0.2) is 0 Å². The van der Waals surface area contributed by atoms with Crippen molar-refractivity contribution in [3.8, 4) is 0 Å². The zero-order valence-corrected chi connectivity index (χ0v) is 11.6. The molecule has 0 fully saturated rings. The fourth-order valence-corrected chi connectivity index (χ4v) is 1.72. The third-order valence-electron chi connectivity index (χ3n) is 2.73. The zero-order chi connectivity index (χ0) is 13.8. The summed E-state index contributed by atoms with van der Waals surface area (Å²) in [4.78, 5) is 21.1. The molecule has 0 atom stereocenters. The van der Waals surface area contributed by atoms with E-state index in [0.717, 1.165) is 25.2 Å². The van der Waals surface area contributed by atoms with Crippen LogP contribution in [0.2, 0.25) is 0 Å². The zero-order valence-electron chi connectivity index (χ0n) is 11.6. The van der Waals surface area contributed by atoms with Crippen LogP contribution in [0.3, 0.4) is 0 Å². The molecule has 0 bridgehead atoms. The van der Waals surface area contributed by atoms with Crippen LogP contribution in [0.4, 0.5) is 0 Å². The minimum Gasteiger partial charge on any atom is -0.481 e. The van der Waals surface area contributed by atoms with Crippen LogP contribution >= 0.6 is 0 Å². The van der Waals surface area contributed by atoms with E-state index in [1.807, 2.05) is 0 Å². The van der Waals surface area contributed by atoms with Crippen molar-refractivity contribution in [1.82, 2.24) is 0 Å². The van der Waals surface area contributed by atoms with Crippen LogP contribution in [-0.2, 0) is 14.3 Å². The first-order chi connectivity index (χ1) is 8.52. The van der Waals surface area contributed by atoms with Gasteiger partial charge in [0.2, 0.25) is 0 Å². The van der Waals surface area contributed by atoms with Crippen LogP contribution in [0.1, 0.15) is 65.2 Å². The summed E-state index contributed by atoms with van der Waals surface area (Å²) in [6.07, 6.45) is 7.60. The molecule has 0 amide bonds. The van der Waals surface area contributed by atoms with Crippen molar-refractivity contribution in [2.24, 2.45) is 5.92 Å². The Balaban J connectivity index is 3.16. The van der Waals surface area contributed by atoms with Crippen LogP contribution in [-0.4, -0.2) is 23.7 Å². The number of carboxylic acids is 1. The molecule has 0 aromatic carbocycles. The van der Waals surface area contributed by atoms with E-state index in [1.165, 1.54) is 25.7 Å². The Hall–Kier alpha value is -1.06. The van der Waals surface area contributed by atoms with E-state index < -0.39 is 18.4 Å². The van der Waals surface area contributed by atoms with Gasteiger partial charge in [0.1, 0.15) is 6.42 Å². The minimum absolute atomic E-state index is 0.345. The van der Waals surface area contributed by atoms with Gasteiger partial charge >= 0.3 is 11.9 Å². The van der Waals surface area contributed by atoms with Gasteiger partial charge in [-0.2, -0.15) is 0 Å². The standard InChI is InChI=1S/C14H26O4/c1-12(2)9-7-5-3-4-6-8-10-18-14(17)11-13(15)16/h12H,3-11H2,1-2H3,(H,15,16). The highest BCUT2D eigenvalue weighted by Gasteiger charge is 2.07. The molecule has 106 valence electrons. The molecular weight excluding hydrogens is 232 g/mol. The summed E-state index contributed by atoms with van der Waals surface area (Å²) in [5, 5.41) is 8.35. The summed E-state index contributed by atoms with van der Waals surface area (Å²) in [7, 11) is 0. The van der Waals surface area contributed by atoms with Gasteiger partial charge in [0, 0.05) is 0 Å². The molecule has 0 aliphatic carbocycles. The van der Waals surface area contributed by atoms with Gasteiger partial charge in [-0.3, -0.25) is 9.59 Å². The maximum absolute atomic E-state index is 10.9. The number of carbonyl (C=O) groups is 2. The number of unbranched alkanes of at least 4 members (excludes halogenated alkanes) is 5. The predicted molar refractivity (Wildman–Crippen MR) is 70.4 cm³/mol. The lowest BCUT2D eigenvalue weighted by Gasteiger charge is -2.05. The topological polar surface area (TPSA) is 63.6 Å². The van der Waals surface area contributed by atoms with E-state index in [-0.39, 0.29) is 0 Å². The van der Waals surface area contributed by atoms with Gasteiger partial charge in [0.25, 0.3) is 0 Å². The summed E-state index contributed by atoms with van der Waals surface area (Å²) in [5.74, 6) is -0.983. The molecule has 0 unspecified atom stereocenters. The first-order valence-electron chi connectivity index (χ1n) is 6.89. The Morgan fingerprint density at radius 3 is 2.11 bits per heavy atom. The van der Waals surface area contributed by atoms with Crippen molar-refractivity contribution in [2.45, 2.75) is 65.2 Å². The first-order valence-corrected chi connectivity index (χ1v) is 6.89. The highest BCUT2D eigenvalue weighted by atomic mass is 16.5. The fourth-order valence-electron chi connectivity index (χ4n) is 1.72. The monoisotopic (exact) mass is 258 g/mol. The highest BCUT2D eigenvalue weighted by Crippen LogP contribution is 2.11. The molecule has 4 heteroatoms. The van der Waals surface area contributed by atoms with Crippen molar-refractivity contribution in [3.05, 3.63) is 0 Å². The quantitative estimate of drug-likeness (QED) is 0.350. The normalized spacial score (nSPS) is 10.6. The molecule has 0 radical (unpaired) electrons. The van der Waals surface area contributed by atoms with Gasteiger partial charge in [-0.15, -0.1) is 0 Å². The number of aliphatic carboxylic acids is 1. The van der Waals surface area contributed by atoms with Gasteiger partial charge < -0.3 is 9.84 Å². The Kier molecular flexibility index (Phi) is 10.4. The highest BCUT2D eigenvalue weighted by molar-refractivity contribution is 5.90. The van der Waals surface area contributed by atoms with Crippen molar-refractivity contribution in [1.29, 1.82) is 0 Å². The number of carbonyl (C=O) groups excluding carboxylic acids is 1. The average Bonchev–Trinajstić information content (AvgIpc) is 2.25. The molecule has 1 N–H and O–H groups in total. The van der Waals surface area contributed by atoms with E-state index in [1.54, 1.807) is 0 Å². The lowest BCUT2D eigenvalue weighted by Crippen LogP contribution is -2.11. The Bertz CT molecular complexity index is 236. The van der Waals surface area contributed by atoms with Crippen LogP contribution in [0.5, 0.6) is 0 Å². The molecule has 0 saturated heterocycles. The lowest BCUT2D eigenvalue weighted by atomic mass is 10.0. The second-order valence-corrected chi connectivity index (χ2v) is 5.09. The smallest absolute Gasteiger partial charge is 0.317 e. The van der Waals surface area contributed by atoms with Crippen molar-refractivity contribution < 1.29 is 19.4 Å². The molecule has 0 rings (SSSR count). The van der Waals surface area contributed by atoms with Crippen molar-refractivity contribution in [3.63, 3.8) is 0 Å². The molecule has 4 nitrogen and oxygen atoms in total. The Morgan fingerprint density at radius 2 is 1.56 bits per heavy atom. The van der Waals surface area contributed by atoms with Crippen LogP contribution in [0, 0.1) is 5.92 Å². The van der Waals surface area contributed by atoms with E-state index in [2.05, 4.69) is 13.8 Å². The summed E-state index contributed by atoms with van der Waals surface area (Å²) in [5.41, 5.74) is 0. The SMILES string of the molecule is CC(C)CCCCCCCCOC(=O)CC(=O)O. The third kappa shape index (κ3) is 13.0. The molecule has 0 aromatic heterocycles. The molecular formula is C14H26O4. The van der Waals surface area contributed by atoms with Crippen LogP contribution in [0.15, 0.2) is 0 Å². The van der Waals surface area contributed by atoms with E-state index in [0.29, 0.717) is 6.61 Å². The summed E-state index contributed by atoms with van der Waals surface area (Å²) in [6.45, 7) is 4.83. The van der Waals surface area contributed by atoms with Crippen LogP contribution < -0.4 is 0 Å². The number of rotatable bonds is 11.